The highest BCUT2D eigenvalue weighted by Crippen LogP contribution is 2.30. The Kier molecular flexibility index (Phi) is 6.37. The first kappa shape index (κ1) is 14.0. The summed E-state index contributed by atoms with van der Waals surface area (Å²) in [6, 6.07) is 1.21. The van der Waals surface area contributed by atoms with E-state index < -0.39 is 0 Å². The lowest BCUT2D eigenvalue weighted by Gasteiger charge is -2.34. The molecule has 96 valence electrons. The second-order valence-corrected chi connectivity index (χ2v) is 5.65. The van der Waals surface area contributed by atoms with Crippen molar-refractivity contribution in [3.63, 3.8) is 0 Å². The molecule has 3 unspecified atom stereocenters. The third-order valence-electron chi connectivity index (χ3n) is 4.10. The van der Waals surface area contributed by atoms with Gasteiger partial charge < -0.3 is 10.4 Å². The maximum Gasteiger partial charge on any atom is 0.0445 e. The van der Waals surface area contributed by atoms with Crippen LogP contribution in [0.4, 0.5) is 0 Å². The Bertz CT molecular complexity index is 182. The van der Waals surface area contributed by atoms with E-state index in [1.54, 1.807) is 0 Å². The van der Waals surface area contributed by atoms with E-state index >= 15 is 0 Å². The lowest BCUT2D eigenvalue weighted by atomic mass is 9.79. The van der Waals surface area contributed by atoms with E-state index in [1.165, 1.54) is 25.7 Å². The monoisotopic (exact) mass is 227 g/mol. The van der Waals surface area contributed by atoms with Gasteiger partial charge in [-0.3, -0.25) is 0 Å². The lowest BCUT2D eigenvalue weighted by molar-refractivity contribution is 0.203. The Balaban J connectivity index is 2.35. The summed E-state index contributed by atoms with van der Waals surface area (Å²) in [5.74, 6) is 1.72. The maximum atomic E-state index is 9.00. The van der Waals surface area contributed by atoms with Crippen LogP contribution in [0.5, 0.6) is 0 Å². The zero-order valence-corrected chi connectivity index (χ0v) is 11.2. The summed E-state index contributed by atoms with van der Waals surface area (Å²) in [7, 11) is 0. The molecule has 0 heterocycles. The number of hydrogen-bond acceptors (Lipinski definition) is 2. The van der Waals surface area contributed by atoms with Crippen LogP contribution in [0, 0.1) is 11.8 Å². The molecule has 0 bridgehead atoms. The Hall–Kier alpha value is -0.0800. The largest absolute Gasteiger partial charge is 0.396 e. The molecule has 16 heavy (non-hydrogen) atoms. The second kappa shape index (κ2) is 7.29. The molecule has 0 radical (unpaired) electrons. The third-order valence-corrected chi connectivity index (χ3v) is 4.10. The molecule has 1 aliphatic carbocycles. The molecule has 1 rings (SSSR count). The van der Waals surface area contributed by atoms with Crippen LogP contribution in [-0.4, -0.2) is 23.8 Å². The van der Waals surface area contributed by atoms with Crippen LogP contribution in [-0.2, 0) is 0 Å². The Morgan fingerprint density at radius 2 is 2.06 bits per heavy atom. The van der Waals surface area contributed by atoms with Gasteiger partial charge in [0.1, 0.15) is 0 Å². The molecule has 0 amide bonds. The highest BCUT2D eigenvalue weighted by Gasteiger charge is 2.25. The number of rotatable bonds is 6. The van der Waals surface area contributed by atoms with E-state index in [9.17, 15) is 0 Å². The minimum atomic E-state index is 0.311. The standard InChI is InChI=1S/C14H29NO/c1-4-13(8-9-16)15-14-7-5-6-12(10-14)11(2)3/h11-16H,4-10H2,1-3H3. The van der Waals surface area contributed by atoms with Crippen molar-refractivity contribution in [2.75, 3.05) is 6.61 Å². The highest BCUT2D eigenvalue weighted by molar-refractivity contribution is 4.82. The summed E-state index contributed by atoms with van der Waals surface area (Å²) in [5, 5.41) is 12.7. The van der Waals surface area contributed by atoms with Crippen molar-refractivity contribution in [1.82, 2.24) is 5.32 Å². The van der Waals surface area contributed by atoms with Gasteiger partial charge in [-0.2, -0.15) is 0 Å². The molecular weight excluding hydrogens is 198 g/mol. The predicted octanol–water partition coefficient (Wildman–Crippen LogP) is 2.95. The van der Waals surface area contributed by atoms with Gasteiger partial charge in [0.2, 0.25) is 0 Å². The fraction of sp³-hybridized carbons (Fsp3) is 1.00. The molecule has 0 aromatic rings. The van der Waals surface area contributed by atoms with Crippen LogP contribution in [0.25, 0.3) is 0 Å². The summed E-state index contributed by atoms with van der Waals surface area (Å²) in [4.78, 5) is 0. The summed E-state index contributed by atoms with van der Waals surface area (Å²) in [5.41, 5.74) is 0. The van der Waals surface area contributed by atoms with Gasteiger partial charge in [0, 0.05) is 18.7 Å². The first-order chi connectivity index (χ1) is 7.67. The molecule has 3 atom stereocenters. The molecule has 2 heteroatoms. The molecule has 1 aliphatic rings. The fourth-order valence-electron chi connectivity index (χ4n) is 2.88. The number of hydrogen-bond donors (Lipinski definition) is 2. The summed E-state index contributed by atoms with van der Waals surface area (Å²) < 4.78 is 0. The van der Waals surface area contributed by atoms with Crippen molar-refractivity contribution in [2.24, 2.45) is 11.8 Å². The van der Waals surface area contributed by atoms with E-state index in [2.05, 4.69) is 26.1 Å². The van der Waals surface area contributed by atoms with E-state index in [0.717, 1.165) is 24.7 Å². The predicted molar refractivity (Wildman–Crippen MR) is 69.5 cm³/mol. The fourth-order valence-corrected chi connectivity index (χ4v) is 2.88. The second-order valence-electron chi connectivity index (χ2n) is 5.65. The Labute approximate surface area is 101 Å². The third kappa shape index (κ3) is 4.42. The SMILES string of the molecule is CCC(CCO)NC1CCCC(C(C)C)C1. The van der Waals surface area contributed by atoms with E-state index in [1.807, 2.05) is 0 Å². The van der Waals surface area contributed by atoms with Gasteiger partial charge in [0.25, 0.3) is 0 Å². The molecule has 0 aliphatic heterocycles. The molecule has 0 spiro atoms. The average molecular weight is 227 g/mol. The molecule has 0 aromatic carbocycles. The van der Waals surface area contributed by atoms with Crippen LogP contribution in [0.15, 0.2) is 0 Å². The summed E-state index contributed by atoms with van der Waals surface area (Å²) >= 11 is 0. The minimum Gasteiger partial charge on any atom is -0.396 e. The normalized spacial score (nSPS) is 28.3. The number of aliphatic hydroxyl groups is 1. The van der Waals surface area contributed by atoms with Crippen LogP contribution < -0.4 is 5.32 Å². The van der Waals surface area contributed by atoms with E-state index in [-0.39, 0.29) is 0 Å². The van der Waals surface area contributed by atoms with Gasteiger partial charge in [-0.05, 0) is 37.5 Å². The molecule has 1 fully saturated rings. The Morgan fingerprint density at radius 1 is 1.31 bits per heavy atom. The topological polar surface area (TPSA) is 32.3 Å². The lowest BCUT2D eigenvalue weighted by Crippen LogP contribution is -2.42. The van der Waals surface area contributed by atoms with Crippen molar-refractivity contribution < 1.29 is 5.11 Å². The molecule has 0 aromatic heterocycles. The van der Waals surface area contributed by atoms with E-state index in [4.69, 9.17) is 5.11 Å². The Morgan fingerprint density at radius 3 is 2.62 bits per heavy atom. The first-order valence-corrected chi connectivity index (χ1v) is 7.04. The van der Waals surface area contributed by atoms with Crippen molar-refractivity contribution in [3.05, 3.63) is 0 Å². The van der Waals surface area contributed by atoms with Gasteiger partial charge in [-0.1, -0.05) is 33.6 Å². The first-order valence-electron chi connectivity index (χ1n) is 7.04. The van der Waals surface area contributed by atoms with Gasteiger partial charge in [-0.15, -0.1) is 0 Å². The van der Waals surface area contributed by atoms with Crippen LogP contribution in [0.2, 0.25) is 0 Å². The highest BCUT2D eigenvalue weighted by atomic mass is 16.3. The van der Waals surface area contributed by atoms with Gasteiger partial charge in [0.15, 0.2) is 0 Å². The van der Waals surface area contributed by atoms with Crippen molar-refractivity contribution in [2.45, 2.75) is 71.4 Å². The number of nitrogens with one attached hydrogen (secondary N) is 1. The molecule has 0 saturated heterocycles. The summed E-state index contributed by atoms with van der Waals surface area (Å²) in [6.45, 7) is 7.21. The van der Waals surface area contributed by atoms with Crippen LogP contribution >= 0.6 is 0 Å². The van der Waals surface area contributed by atoms with Gasteiger partial charge in [0.05, 0.1) is 0 Å². The van der Waals surface area contributed by atoms with Gasteiger partial charge in [-0.25, -0.2) is 0 Å². The summed E-state index contributed by atoms with van der Waals surface area (Å²) in [6.07, 6.45) is 7.47. The molecule has 2 N–H and O–H groups in total. The minimum absolute atomic E-state index is 0.311. The quantitative estimate of drug-likeness (QED) is 0.731. The van der Waals surface area contributed by atoms with Crippen molar-refractivity contribution in [1.29, 1.82) is 0 Å². The van der Waals surface area contributed by atoms with Crippen LogP contribution in [0.3, 0.4) is 0 Å². The van der Waals surface area contributed by atoms with Crippen molar-refractivity contribution in [3.8, 4) is 0 Å². The average Bonchev–Trinajstić information content (AvgIpc) is 2.29. The molecule has 1 saturated carbocycles. The number of aliphatic hydroxyl groups excluding tert-OH is 1. The maximum absolute atomic E-state index is 9.00. The molecule has 2 nitrogen and oxygen atoms in total. The van der Waals surface area contributed by atoms with Gasteiger partial charge >= 0.3 is 0 Å². The zero-order valence-electron chi connectivity index (χ0n) is 11.2. The van der Waals surface area contributed by atoms with E-state index in [0.29, 0.717) is 18.7 Å². The van der Waals surface area contributed by atoms with Crippen LogP contribution in [0.1, 0.15) is 59.3 Å². The zero-order chi connectivity index (χ0) is 12.0. The smallest absolute Gasteiger partial charge is 0.0445 e. The van der Waals surface area contributed by atoms with Crippen molar-refractivity contribution >= 4 is 0 Å². The molecular formula is C14H29NO.